The monoisotopic (exact) mass is 319 g/mol. The fourth-order valence-corrected chi connectivity index (χ4v) is 3.41. The Hall–Kier alpha value is -2.18. The molecule has 0 saturated carbocycles. The van der Waals surface area contributed by atoms with Gasteiger partial charge in [-0.2, -0.15) is 0 Å². The molecule has 0 spiro atoms. The third kappa shape index (κ3) is 4.98. The summed E-state index contributed by atoms with van der Waals surface area (Å²) in [5.74, 6) is -1.44. The van der Waals surface area contributed by atoms with Crippen molar-refractivity contribution in [3.63, 3.8) is 0 Å². The van der Waals surface area contributed by atoms with E-state index in [1.54, 1.807) is 54.6 Å². The molecular weight excluding hydrogens is 302 g/mol. The smallest absolute Gasteiger partial charge is 0.322 e. The molecule has 0 aliphatic rings. The average molecular weight is 319 g/mol. The average Bonchev–Trinajstić information content (AvgIpc) is 2.48. The number of nitrogens with one attached hydrogen (secondary N) is 1. The molecule has 0 aliphatic carbocycles. The normalized spacial score (nSPS) is 12.7. The van der Waals surface area contributed by atoms with Gasteiger partial charge in [0.2, 0.25) is 10.0 Å². The molecule has 0 heterocycles. The van der Waals surface area contributed by atoms with E-state index in [1.165, 1.54) is 0 Å². The van der Waals surface area contributed by atoms with Crippen molar-refractivity contribution >= 4 is 16.0 Å². The highest BCUT2D eigenvalue weighted by molar-refractivity contribution is 7.88. The first-order valence-corrected chi connectivity index (χ1v) is 8.42. The van der Waals surface area contributed by atoms with Gasteiger partial charge in [-0.3, -0.25) is 4.79 Å². The lowest BCUT2D eigenvalue weighted by atomic mass is 10.1. The molecule has 5 nitrogen and oxygen atoms in total. The van der Waals surface area contributed by atoms with Crippen LogP contribution in [-0.2, 0) is 27.0 Å². The van der Waals surface area contributed by atoms with Gasteiger partial charge in [-0.15, -0.1) is 0 Å². The van der Waals surface area contributed by atoms with E-state index in [9.17, 15) is 18.3 Å². The Labute approximate surface area is 129 Å². The van der Waals surface area contributed by atoms with Crippen molar-refractivity contribution in [3.05, 3.63) is 71.8 Å². The minimum Gasteiger partial charge on any atom is -0.480 e. The molecule has 0 radical (unpaired) electrons. The molecule has 0 aliphatic heterocycles. The first-order chi connectivity index (χ1) is 10.5. The Kier molecular flexibility index (Phi) is 5.30. The molecular formula is C16H17NO4S. The summed E-state index contributed by atoms with van der Waals surface area (Å²) in [4.78, 5) is 11.3. The second-order valence-corrected chi connectivity index (χ2v) is 6.70. The standard InChI is InChI=1S/C16H17NO4S/c18-16(19)15(11-13-7-3-1-4-8-13)17-22(20,21)12-14-9-5-2-6-10-14/h1-10,15,17H,11-12H2,(H,18,19)/t15-/m1/s1. The van der Waals surface area contributed by atoms with Crippen molar-refractivity contribution in [1.29, 1.82) is 0 Å². The highest BCUT2D eigenvalue weighted by atomic mass is 32.2. The Morgan fingerprint density at radius 2 is 1.45 bits per heavy atom. The van der Waals surface area contributed by atoms with Crippen molar-refractivity contribution in [2.75, 3.05) is 0 Å². The largest absolute Gasteiger partial charge is 0.480 e. The van der Waals surface area contributed by atoms with Gasteiger partial charge in [0.15, 0.2) is 0 Å². The lowest BCUT2D eigenvalue weighted by molar-refractivity contribution is -0.138. The molecule has 0 amide bonds. The fraction of sp³-hybridized carbons (Fsp3) is 0.188. The quantitative estimate of drug-likeness (QED) is 0.815. The first-order valence-electron chi connectivity index (χ1n) is 6.77. The number of carbonyl (C=O) groups is 1. The van der Waals surface area contributed by atoms with E-state index < -0.39 is 22.0 Å². The highest BCUT2D eigenvalue weighted by Crippen LogP contribution is 2.08. The van der Waals surface area contributed by atoms with Crippen LogP contribution in [0.25, 0.3) is 0 Å². The number of sulfonamides is 1. The number of aliphatic carboxylic acids is 1. The lowest BCUT2D eigenvalue weighted by Crippen LogP contribution is -2.42. The number of rotatable bonds is 7. The molecule has 0 unspecified atom stereocenters. The van der Waals surface area contributed by atoms with E-state index >= 15 is 0 Å². The van der Waals surface area contributed by atoms with E-state index in [0.29, 0.717) is 5.56 Å². The first kappa shape index (κ1) is 16.2. The third-order valence-electron chi connectivity index (χ3n) is 3.10. The van der Waals surface area contributed by atoms with Gasteiger partial charge >= 0.3 is 5.97 Å². The number of benzene rings is 2. The minimum atomic E-state index is -3.73. The van der Waals surface area contributed by atoms with Gasteiger partial charge in [0.25, 0.3) is 0 Å². The van der Waals surface area contributed by atoms with Crippen molar-refractivity contribution in [2.45, 2.75) is 18.2 Å². The molecule has 0 aromatic heterocycles. The summed E-state index contributed by atoms with van der Waals surface area (Å²) in [6.45, 7) is 0. The summed E-state index contributed by atoms with van der Waals surface area (Å²) < 4.78 is 26.5. The van der Waals surface area contributed by atoms with E-state index in [2.05, 4.69) is 4.72 Å². The van der Waals surface area contributed by atoms with Crippen LogP contribution in [0.15, 0.2) is 60.7 Å². The lowest BCUT2D eigenvalue weighted by Gasteiger charge is -2.15. The maximum absolute atomic E-state index is 12.1. The van der Waals surface area contributed by atoms with E-state index in [4.69, 9.17) is 0 Å². The van der Waals surface area contributed by atoms with Crippen LogP contribution in [-0.4, -0.2) is 25.5 Å². The molecule has 22 heavy (non-hydrogen) atoms. The predicted octanol–water partition coefficient (Wildman–Crippen LogP) is 1.80. The van der Waals surface area contributed by atoms with Gasteiger partial charge in [0.1, 0.15) is 6.04 Å². The fourth-order valence-electron chi connectivity index (χ4n) is 2.08. The zero-order valence-electron chi connectivity index (χ0n) is 11.8. The summed E-state index contributed by atoms with van der Waals surface area (Å²) in [5, 5.41) is 9.24. The number of hydrogen-bond donors (Lipinski definition) is 2. The molecule has 116 valence electrons. The van der Waals surface area contributed by atoms with Gasteiger partial charge in [0, 0.05) is 0 Å². The molecule has 2 aromatic carbocycles. The number of carboxylic acids is 1. The molecule has 0 fully saturated rings. The van der Waals surface area contributed by atoms with Crippen LogP contribution in [0.4, 0.5) is 0 Å². The van der Waals surface area contributed by atoms with Crippen LogP contribution in [0.1, 0.15) is 11.1 Å². The van der Waals surface area contributed by atoms with Crippen LogP contribution < -0.4 is 4.72 Å². The molecule has 0 saturated heterocycles. The van der Waals surface area contributed by atoms with Crippen molar-refractivity contribution < 1.29 is 18.3 Å². The summed E-state index contributed by atoms with van der Waals surface area (Å²) in [5.41, 5.74) is 1.37. The molecule has 2 aromatic rings. The summed E-state index contributed by atoms with van der Waals surface area (Å²) in [6.07, 6.45) is 0.101. The Morgan fingerprint density at radius 3 is 1.95 bits per heavy atom. The summed E-state index contributed by atoms with van der Waals surface area (Å²) >= 11 is 0. The second kappa shape index (κ2) is 7.20. The maximum Gasteiger partial charge on any atom is 0.322 e. The number of carboxylic acid groups (broad SMARTS) is 1. The van der Waals surface area contributed by atoms with Gasteiger partial charge in [-0.25, -0.2) is 13.1 Å². The van der Waals surface area contributed by atoms with Crippen LogP contribution >= 0.6 is 0 Å². The van der Waals surface area contributed by atoms with Crippen LogP contribution in [0.2, 0.25) is 0 Å². The molecule has 1 atom stereocenters. The van der Waals surface area contributed by atoms with Gasteiger partial charge in [-0.1, -0.05) is 60.7 Å². The van der Waals surface area contributed by atoms with E-state index in [-0.39, 0.29) is 12.2 Å². The molecule has 2 rings (SSSR count). The third-order valence-corrected chi connectivity index (χ3v) is 4.46. The highest BCUT2D eigenvalue weighted by Gasteiger charge is 2.24. The zero-order chi connectivity index (χ0) is 16.0. The summed E-state index contributed by atoms with van der Waals surface area (Å²) in [6, 6.07) is 16.4. The molecule has 6 heteroatoms. The van der Waals surface area contributed by atoms with Crippen molar-refractivity contribution in [1.82, 2.24) is 4.72 Å². The second-order valence-electron chi connectivity index (χ2n) is 4.94. The summed E-state index contributed by atoms with van der Waals surface area (Å²) in [7, 11) is -3.73. The van der Waals surface area contributed by atoms with Crippen molar-refractivity contribution in [3.8, 4) is 0 Å². The van der Waals surface area contributed by atoms with Crippen molar-refractivity contribution in [2.24, 2.45) is 0 Å². The Balaban J connectivity index is 2.08. The van der Waals surface area contributed by atoms with E-state index in [1.807, 2.05) is 6.07 Å². The Bertz CT molecular complexity index is 714. The van der Waals surface area contributed by atoms with Gasteiger partial charge in [-0.05, 0) is 17.5 Å². The van der Waals surface area contributed by atoms with Crippen LogP contribution in [0.5, 0.6) is 0 Å². The van der Waals surface area contributed by atoms with E-state index in [0.717, 1.165) is 5.56 Å². The number of hydrogen-bond acceptors (Lipinski definition) is 3. The molecule has 0 bridgehead atoms. The zero-order valence-corrected chi connectivity index (χ0v) is 12.7. The van der Waals surface area contributed by atoms with Crippen LogP contribution in [0.3, 0.4) is 0 Å². The maximum atomic E-state index is 12.1. The predicted molar refractivity (Wildman–Crippen MR) is 83.8 cm³/mol. The topological polar surface area (TPSA) is 83.5 Å². The molecule has 2 N–H and O–H groups in total. The SMILES string of the molecule is O=C(O)[C@@H](Cc1ccccc1)NS(=O)(=O)Cc1ccccc1. The van der Waals surface area contributed by atoms with Gasteiger partial charge in [0.05, 0.1) is 5.75 Å². The van der Waals surface area contributed by atoms with Gasteiger partial charge < -0.3 is 5.11 Å². The van der Waals surface area contributed by atoms with Crippen LogP contribution in [0, 0.1) is 0 Å². The Morgan fingerprint density at radius 1 is 0.955 bits per heavy atom. The minimum absolute atomic E-state index is 0.101.